The summed E-state index contributed by atoms with van der Waals surface area (Å²) in [5, 5.41) is 0. The van der Waals surface area contributed by atoms with E-state index in [0.717, 1.165) is 32.1 Å². The predicted octanol–water partition coefficient (Wildman–Crippen LogP) is 6.74. The molecule has 0 aromatic carbocycles. The number of allylic oxidation sites excluding steroid dienone is 3. The molecule has 0 bridgehead atoms. The first-order valence-electron chi connectivity index (χ1n) is 9.88. The van der Waals surface area contributed by atoms with E-state index in [0.29, 0.717) is 25.9 Å². The van der Waals surface area contributed by atoms with Crippen molar-refractivity contribution in [2.45, 2.75) is 84.0 Å². The van der Waals surface area contributed by atoms with Crippen LogP contribution in [0.3, 0.4) is 0 Å². The van der Waals surface area contributed by atoms with Crippen LogP contribution in [-0.2, 0) is 14.3 Å². The fraction of sp³-hybridized carbons (Fsp3) is 0.714. The molecule has 0 heterocycles. The molecule has 3 nitrogen and oxygen atoms in total. The Hall–Kier alpha value is -0.420. The predicted molar refractivity (Wildman–Crippen MR) is 112 cm³/mol. The van der Waals surface area contributed by atoms with E-state index in [1.165, 1.54) is 45.8 Å². The minimum absolute atomic E-state index is 0.0371. The van der Waals surface area contributed by atoms with Gasteiger partial charge in [0.05, 0.1) is 0 Å². The molecule has 0 spiro atoms. The van der Waals surface area contributed by atoms with Gasteiger partial charge in [-0.25, -0.2) is 0 Å². The largest absolute Gasteiger partial charge is 0.461 e. The van der Waals surface area contributed by atoms with E-state index in [9.17, 15) is 9.59 Å². The Morgan fingerprint density at radius 3 is 2.12 bits per heavy atom. The summed E-state index contributed by atoms with van der Waals surface area (Å²) in [7, 11) is 0. The van der Waals surface area contributed by atoms with Crippen LogP contribution in [0.5, 0.6) is 0 Å². The lowest BCUT2D eigenvalue weighted by atomic mass is 9.89. The molecule has 0 radical (unpaired) electrons. The Morgan fingerprint density at radius 1 is 0.923 bits per heavy atom. The normalized spacial score (nSPS) is 19.5. The van der Waals surface area contributed by atoms with Gasteiger partial charge in [0.15, 0.2) is 0 Å². The van der Waals surface area contributed by atoms with Crippen LogP contribution < -0.4 is 0 Å². The quantitative estimate of drug-likeness (QED) is 0.336. The first-order chi connectivity index (χ1) is 12.5. The van der Waals surface area contributed by atoms with Gasteiger partial charge in [0.2, 0.25) is 0 Å². The number of hydrogen-bond donors (Lipinski definition) is 0. The second-order valence-corrected chi connectivity index (χ2v) is 9.43. The molecule has 2 aliphatic rings. The molecule has 5 heteroatoms. The summed E-state index contributed by atoms with van der Waals surface area (Å²) < 4.78 is 7.88. The highest BCUT2D eigenvalue weighted by Crippen LogP contribution is 2.33. The van der Waals surface area contributed by atoms with Crippen LogP contribution in [0, 0.1) is 5.92 Å². The highest BCUT2D eigenvalue weighted by Gasteiger charge is 2.19. The summed E-state index contributed by atoms with van der Waals surface area (Å²) in [6.07, 6.45) is 11.3. The Bertz CT molecular complexity index is 578. The standard InChI is InChI=1S/C21H30Br2O3/c1-15(13-16-7-2-4-9-18(16)22)20(24)11-6-12-21(25)26-14-17-8-3-5-10-19(17)23/h15H,2-14H2,1H3. The highest BCUT2D eigenvalue weighted by molar-refractivity contribution is 9.12. The maximum absolute atomic E-state index is 12.3. The van der Waals surface area contributed by atoms with E-state index >= 15 is 0 Å². The van der Waals surface area contributed by atoms with E-state index in [-0.39, 0.29) is 17.7 Å². The number of ether oxygens (including phenoxy) is 1. The van der Waals surface area contributed by atoms with Gasteiger partial charge in [-0.05, 0) is 78.7 Å². The molecule has 1 atom stereocenters. The maximum atomic E-state index is 12.3. The van der Waals surface area contributed by atoms with Gasteiger partial charge in [-0.3, -0.25) is 9.59 Å². The van der Waals surface area contributed by atoms with Crippen molar-refractivity contribution >= 4 is 43.6 Å². The minimum Gasteiger partial charge on any atom is -0.461 e. The molecule has 0 saturated heterocycles. The number of esters is 1. The molecule has 1 unspecified atom stereocenters. The number of halogens is 2. The number of carbonyl (C=O) groups excluding carboxylic acids is 2. The van der Waals surface area contributed by atoms with Crippen molar-refractivity contribution in [3.05, 3.63) is 20.1 Å². The van der Waals surface area contributed by atoms with Crippen molar-refractivity contribution in [1.82, 2.24) is 0 Å². The highest BCUT2D eigenvalue weighted by atomic mass is 79.9. The summed E-state index contributed by atoms with van der Waals surface area (Å²) in [5.74, 6) is 0.102. The van der Waals surface area contributed by atoms with Crippen molar-refractivity contribution in [1.29, 1.82) is 0 Å². The Labute approximate surface area is 174 Å². The van der Waals surface area contributed by atoms with Gasteiger partial charge >= 0.3 is 5.97 Å². The van der Waals surface area contributed by atoms with Crippen LogP contribution in [0.25, 0.3) is 0 Å². The molecule has 0 fully saturated rings. The van der Waals surface area contributed by atoms with Crippen molar-refractivity contribution in [3.63, 3.8) is 0 Å². The molecule has 146 valence electrons. The molecular weight excluding hydrogens is 460 g/mol. The van der Waals surface area contributed by atoms with Gasteiger partial charge in [-0.15, -0.1) is 0 Å². The van der Waals surface area contributed by atoms with Gasteiger partial charge in [-0.2, -0.15) is 0 Å². The topological polar surface area (TPSA) is 43.4 Å². The van der Waals surface area contributed by atoms with Crippen LogP contribution in [0.4, 0.5) is 0 Å². The van der Waals surface area contributed by atoms with Crippen LogP contribution in [0.15, 0.2) is 20.1 Å². The number of carbonyl (C=O) groups is 2. The van der Waals surface area contributed by atoms with Gasteiger partial charge in [0, 0.05) is 18.8 Å². The number of rotatable bonds is 9. The SMILES string of the molecule is CC(CC1=C(Br)CCCC1)C(=O)CCCC(=O)OCC1=C(Br)CCCC1. The molecule has 0 aromatic rings. The molecule has 2 aliphatic carbocycles. The molecule has 0 N–H and O–H groups in total. The number of Topliss-reactive ketones (excluding diaryl/α,β-unsaturated/α-hetero) is 1. The zero-order valence-electron chi connectivity index (χ0n) is 15.8. The summed E-state index contributed by atoms with van der Waals surface area (Å²) in [6, 6.07) is 0. The van der Waals surface area contributed by atoms with Crippen LogP contribution >= 0.6 is 31.9 Å². The monoisotopic (exact) mass is 488 g/mol. The maximum Gasteiger partial charge on any atom is 0.306 e. The van der Waals surface area contributed by atoms with Crippen molar-refractivity contribution in [2.75, 3.05) is 6.61 Å². The lowest BCUT2D eigenvalue weighted by molar-refractivity contribution is -0.142. The minimum atomic E-state index is -0.193. The van der Waals surface area contributed by atoms with Gasteiger partial charge < -0.3 is 4.74 Å². The molecule has 26 heavy (non-hydrogen) atoms. The second-order valence-electron chi connectivity index (χ2n) is 7.52. The van der Waals surface area contributed by atoms with E-state index in [2.05, 4.69) is 31.9 Å². The molecular formula is C21H30Br2O3. The third-order valence-electron chi connectivity index (χ3n) is 5.33. The van der Waals surface area contributed by atoms with Crippen LogP contribution in [0.2, 0.25) is 0 Å². The van der Waals surface area contributed by atoms with Crippen molar-refractivity contribution in [3.8, 4) is 0 Å². The third-order valence-corrected chi connectivity index (χ3v) is 7.25. The van der Waals surface area contributed by atoms with Crippen molar-refractivity contribution in [2.24, 2.45) is 5.92 Å². The zero-order chi connectivity index (χ0) is 18.9. The molecule has 0 aliphatic heterocycles. The summed E-state index contributed by atoms with van der Waals surface area (Å²) in [5.41, 5.74) is 2.61. The average Bonchev–Trinajstić information content (AvgIpc) is 2.62. The van der Waals surface area contributed by atoms with E-state index in [1.807, 2.05) is 6.92 Å². The van der Waals surface area contributed by atoms with Crippen molar-refractivity contribution < 1.29 is 14.3 Å². The van der Waals surface area contributed by atoms with E-state index in [1.54, 1.807) is 0 Å². The molecule has 0 aromatic heterocycles. The van der Waals surface area contributed by atoms with Crippen LogP contribution in [0.1, 0.15) is 84.0 Å². The third kappa shape index (κ3) is 7.30. The van der Waals surface area contributed by atoms with Gasteiger partial charge in [0.1, 0.15) is 12.4 Å². The Kier molecular flexibility index (Phi) is 9.62. The first kappa shape index (κ1) is 21.9. The van der Waals surface area contributed by atoms with E-state index < -0.39 is 0 Å². The smallest absolute Gasteiger partial charge is 0.306 e. The number of hydrogen-bond acceptors (Lipinski definition) is 3. The lowest BCUT2D eigenvalue weighted by Crippen LogP contribution is -2.14. The van der Waals surface area contributed by atoms with Crippen LogP contribution in [-0.4, -0.2) is 18.4 Å². The second kappa shape index (κ2) is 11.4. The fourth-order valence-corrected chi connectivity index (χ4v) is 4.84. The summed E-state index contributed by atoms with van der Waals surface area (Å²) >= 11 is 7.23. The molecule has 0 saturated carbocycles. The first-order valence-corrected chi connectivity index (χ1v) is 11.5. The van der Waals surface area contributed by atoms with E-state index in [4.69, 9.17) is 4.74 Å². The summed E-state index contributed by atoms with van der Waals surface area (Å²) in [6.45, 7) is 2.40. The Morgan fingerprint density at radius 2 is 1.50 bits per heavy atom. The Balaban J connectivity index is 1.65. The molecule has 2 rings (SSSR count). The fourth-order valence-electron chi connectivity index (χ4n) is 3.60. The summed E-state index contributed by atoms with van der Waals surface area (Å²) in [4.78, 5) is 24.3. The van der Waals surface area contributed by atoms with Gasteiger partial charge in [-0.1, -0.05) is 44.4 Å². The molecule has 0 amide bonds. The average molecular weight is 490 g/mol. The lowest BCUT2D eigenvalue weighted by Gasteiger charge is -2.19. The zero-order valence-corrected chi connectivity index (χ0v) is 18.9. The van der Waals surface area contributed by atoms with Gasteiger partial charge in [0.25, 0.3) is 0 Å². The number of ketones is 1.